The van der Waals surface area contributed by atoms with Crippen LogP contribution in [-0.2, 0) is 21.6 Å². The minimum absolute atomic E-state index is 0.0432. The predicted octanol–water partition coefficient (Wildman–Crippen LogP) is 3.49. The fourth-order valence-electron chi connectivity index (χ4n) is 2.98. The molecule has 9 heteroatoms. The predicted molar refractivity (Wildman–Crippen MR) is 94.9 cm³/mol. The summed E-state index contributed by atoms with van der Waals surface area (Å²) in [5.74, 6) is -2.27. The average Bonchev–Trinajstić information content (AvgIpc) is 3.15. The number of imide groups is 1. The summed E-state index contributed by atoms with van der Waals surface area (Å²) in [6, 6.07) is 2.24. The molecule has 0 spiro atoms. The van der Waals surface area contributed by atoms with E-state index in [1.54, 1.807) is 5.38 Å². The van der Waals surface area contributed by atoms with Crippen LogP contribution < -0.4 is 5.32 Å². The number of halogens is 2. The summed E-state index contributed by atoms with van der Waals surface area (Å²) in [5, 5.41) is 4.99. The lowest BCUT2D eigenvalue weighted by Crippen LogP contribution is -2.41. The van der Waals surface area contributed by atoms with Gasteiger partial charge in [0.15, 0.2) is 0 Å². The van der Waals surface area contributed by atoms with Crippen LogP contribution in [0.1, 0.15) is 43.1 Å². The van der Waals surface area contributed by atoms with Gasteiger partial charge in [0.05, 0.1) is 12.2 Å². The standard InChI is InChI=1S/C18H19F2N3O3S/c1-4-26-10(2)15-21-12(9-27-15)8-23-16(24)18(3,22-17(23)25)13-6-5-11(19)7-14(13)20/h5-7,9-10H,4,8H2,1-3H3,(H,22,25). The van der Waals surface area contributed by atoms with E-state index in [1.807, 2.05) is 13.8 Å². The van der Waals surface area contributed by atoms with Gasteiger partial charge in [0, 0.05) is 23.6 Å². The lowest BCUT2D eigenvalue weighted by atomic mass is 9.91. The van der Waals surface area contributed by atoms with Crippen molar-refractivity contribution in [3.8, 4) is 0 Å². The second kappa shape index (κ2) is 7.32. The lowest BCUT2D eigenvalue weighted by Gasteiger charge is -2.22. The van der Waals surface area contributed by atoms with Crippen LogP contribution in [0.3, 0.4) is 0 Å². The maximum Gasteiger partial charge on any atom is 0.325 e. The number of hydrogen-bond acceptors (Lipinski definition) is 5. The zero-order valence-electron chi connectivity index (χ0n) is 15.1. The highest BCUT2D eigenvalue weighted by molar-refractivity contribution is 7.09. The number of benzene rings is 1. The van der Waals surface area contributed by atoms with Crippen LogP contribution >= 0.6 is 11.3 Å². The number of ether oxygens (including phenoxy) is 1. The normalized spacial score (nSPS) is 20.9. The maximum atomic E-state index is 14.2. The van der Waals surface area contributed by atoms with E-state index in [0.29, 0.717) is 18.4 Å². The van der Waals surface area contributed by atoms with Gasteiger partial charge in [-0.15, -0.1) is 11.3 Å². The van der Waals surface area contributed by atoms with Crippen molar-refractivity contribution in [2.45, 2.75) is 39.0 Å². The van der Waals surface area contributed by atoms with Gasteiger partial charge in [-0.05, 0) is 26.8 Å². The Labute approximate surface area is 159 Å². The van der Waals surface area contributed by atoms with Crippen molar-refractivity contribution in [3.63, 3.8) is 0 Å². The van der Waals surface area contributed by atoms with Gasteiger partial charge in [0.25, 0.3) is 5.91 Å². The lowest BCUT2D eigenvalue weighted by molar-refractivity contribution is -0.131. The molecule has 1 saturated heterocycles. The van der Waals surface area contributed by atoms with E-state index in [4.69, 9.17) is 4.74 Å². The Morgan fingerprint density at radius 3 is 2.78 bits per heavy atom. The number of nitrogens with zero attached hydrogens (tertiary/aromatic N) is 2. The molecule has 2 unspecified atom stereocenters. The van der Waals surface area contributed by atoms with E-state index in [1.165, 1.54) is 18.3 Å². The molecule has 27 heavy (non-hydrogen) atoms. The summed E-state index contributed by atoms with van der Waals surface area (Å²) in [7, 11) is 0. The molecule has 0 aliphatic carbocycles. The van der Waals surface area contributed by atoms with E-state index in [-0.39, 0.29) is 18.2 Å². The van der Waals surface area contributed by atoms with Gasteiger partial charge in [-0.2, -0.15) is 0 Å². The van der Waals surface area contributed by atoms with Gasteiger partial charge in [0.1, 0.15) is 28.3 Å². The molecule has 0 bridgehead atoms. The maximum absolute atomic E-state index is 14.2. The molecule has 2 atom stereocenters. The number of carbonyl (C=O) groups excluding carboxylic acids is 2. The smallest absolute Gasteiger partial charge is 0.325 e. The van der Waals surface area contributed by atoms with Gasteiger partial charge in [-0.3, -0.25) is 9.69 Å². The number of thiazole rings is 1. The molecule has 0 saturated carbocycles. The van der Waals surface area contributed by atoms with Gasteiger partial charge in [-0.25, -0.2) is 18.6 Å². The molecule has 1 fully saturated rings. The number of carbonyl (C=O) groups is 2. The zero-order chi connectivity index (χ0) is 19.8. The summed E-state index contributed by atoms with van der Waals surface area (Å²) < 4.78 is 32.8. The van der Waals surface area contributed by atoms with E-state index >= 15 is 0 Å². The van der Waals surface area contributed by atoms with Crippen molar-refractivity contribution in [2.24, 2.45) is 0 Å². The number of hydrogen-bond donors (Lipinski definition) is 1. The third-order valence-electron chi connectivity index (χ3n) is 4.40. The van der Waals surface area contributed by atoms with Crippen LogP contribution in [0, 0.1) is 11.6 Å². The molecule has 2 aromatic rings. The molecule has 1 aliphatic heterocycles. The zero-order valence-corrected chi connectivity index (χ0v) is 15.9. The number of nitrogens with one attached hydrogen (secondary N) is 1. The monoisotopic (exact) mass is 395 g/mol. The highest BCUT2D eigenvalue weighted by Gasteiger charge is 2.50. The Balaban J connectivity index is 1.82. The highest BCUT2D eigenvalue weighted by atomic mass is 32.1. The first-order valence-corrected chi connectivity index (χ1v) is 9.29. The Kier molecular flexibility index (Phi) is 5.25. The fourth-order valence-corrected chi connectivity index (χ4v) is 3.80. The first-order chi connectivity index (χ1) is 12.8. The van der Waals surface area contributed by atoms with Crippen LogP contribution in [0.5, 0.6) is 0 Å². The average molecular weight is 395 g/mol. The van der Waals surface area contributed by atoms with Crippen LogP contribution in [0.2, 0.25) is 0 Å². The minimum Gasteiger partial charge on any atom is -0.372 e. The largest absolute Gasteiger partial charge is 0.372 e. The molecular formula is C18H19F2N3O3S. The SMILES string of the molecule is CCOC(C)c1nc(CN2C(=O)NC(C)(c3ccc(F)cc3F)C2=O)cs1. The molecular weight excluding hydrogens is 376 g/mol. The minimum atomic E-state index is -1.60. The molecule has 3 amide bonds. The summed E-state index contributed by atoms with van der Waals surface area (Å²) >= 11 is 1.38. The summed E-state index contributed by atoms with van der Waals surface area (Å²) in [4.78, 5) is 30.6. The van der Waals surface area contributed by atoms with E-state index in [9.17, 15) is 18.4 Å². The van der Waals surface area contributed by atoms with Crippen molar-refractivity contribution in [2.75, 3.05) is 6.61 Å². The van der Waals surface area contributed by atoms with Gasteiger partial charge in [-0.1, -0.05) is 6.07 Å². The number of aromatic nitrogens is 1. The van der Waals surface area contributed by atoms with Gasteiger partial charge in [0.2, 0.25) is 0 Å². The quantitative estimate of drug-likeness (QED) is 0.760. The van der Waals surface area contributed by atoms with Gasteiger partial charge >= 0.3 is 6.03 Å². The second-order valence-corrected chi connectivity index (χ2v) is 7.23. The van der Waals surface area contributed by atoms with Crippen molar-refractivity contribution < 1.29 is 23.1 Å². The molecule has 0 radical (unpaired) electrons. The summed E-state index contributed by atoms with van der Waals surface area (Å²) in [6.45, 7) is 5.65. The fraction of sp³-hybridized carbons (Fsp3) is 0.389. The number of urea groups is 1. The van der Waals surface area contributed by atoms with E-state index < -0.39 is 29.1 Å². The first kappa shape index (κ1) is 19.4. The first-order valence-electron chi connectivity index (χ1n) is 8.41. The number of amides is 3. The third-order valence-corrected chi connectivity index (χ3v) is 5.45. The molecule has 1 aliphatic rings. The highest BCUT2D eigenvalue weighted by Crippen LogP contribution is 2.32. The Hall–Kier alpha value is -2.39. The molecule has 2 heterocycles. The van der Waals surface area contributed by atoms with E-state index in [0.717, 1.165) is 22.0 Å². The molecule has 1 aromatic heterocycles. The van der Waals surface area contributed by atoms with Crippen molar-refractivity contribution >= 4 is 23.3 Å². The summed E-state index contributed by atoms with van der Waals surface area (Å²) in [5.41, 5.74) is -1.16. The topological polar surface area (TPSA) is 71.5 Å². The molecule has 6 nitrogen and oxygen atoms in total. The van der Waals surface area contributed by atoms with Crippen molar-refractivity contribution in [1.29, 1.82) is 0 Å². The van der Waals surface area contributed by atoms with Crippen LogP contribution in [-0.4, -0.2) is 28.4 Å². The van der Waals surface area contributed by atoms with Crippen molar-refractivity contribution in [1.82, 2.24) is 15.2 Å². The molecule has 1 aromatic carbocycles. The van der Waals surface area contributed by atoms with Crippen molar-refractivity contribution in [3.05, 3.63) is 51.5 Å². The Morgan fingerprint density at radius 1 is 1.37 bits per heavy atom. The van der Waals surface area contributed by atoms with Crippen LogP contribution in [0.25, 0.3) is 0 Å². The molecule has 1 N–H and O–H groups in total. The summed E-state index contributed by atoms with van der Waals surface area (Å²) in [6.07, 6.45) is -0.185. The third kappa shape index (κ3) is 3.57. The van der Waals surface area contributed by atoms with Crippen LogP contribution in [0.15, 0.2) is 23.6 Å². The van der Waals surface area contributed by atoms with Crippen LogP contribution in [0.4, 0.5) is 13.6 Å². The van der Waals surface area contributed by atoms with E-state index in [2.05, 4.69) is 10.3 Å². The molecule has 144 valence electrons. The number of rotatable bonds is 6. The molecule has 3 rings (SSSR count). The second-order valence-electron chi connectivity index (χ2n) is 6.35. The Bertz CT molecular complexity index is 888. The Morgan fingerprint density at radius 2 is 2.11 bits per heavy atom. The van der Waals surface area contributed by atoms with Gasteiger partial charge < -0.3 is 10.1 Å².